The quantitative estimate of drug-likeness (QED) is 0.782. The molecule has 0 atom stereocenters. The molecule has 3 rings (SSSR count). The van der Waals surface area contributed by atoms with Crippen LogP contribution in [-0.2, 0) is 11.3 Å². The van der Waals surface area contributed by atoms with Crippen LogP contribution in [0.1, 0.15) is 16.7 Å². The molecular weight excluding hydrogens is 322 g/mol. The fourth-order valence-corrected chi connectivity index (χ4v) is 3.23. The van der Waals surface area contributed by atoms with E-state index in [1.165, 1.54) is 4.90 Å². The highest BCUT2D eigenvalue weighted by atomic mass is 32.2. The minimum absolute atomic E-state index is 0.241. The zero-order valence-corrected chi connectivity index (χ0v) is 14.3. The molecule has 0 aromatic heterocycles. The Hall–Kier alpha value is -2.53. The van der Waals surface area contributed by atoms with Crippen LogP contribution in [0.2, 0.25) is 0 Å². The van der Waals surface area contributed by atoms with Crippen molar-refractivity contribution in [3.8, 4) is 5.75 Å². The standard InChI is InChI=1S/C19H17NO3S/c1-13-6-8-14(9-7-13)12-20-18(21)17(24-19(20)22)11-15-4-3-5-16(10-15)23-2/h3-11H,12H2,1-2H3/b17-11+. The number of rotatable bonds is 4. The van der Waals surface area contributed by atoms with Gasteiger partial charge in [0.2, 0.25) is 0 Å². The fourth-order valence-electron chi connectivity index (χ4n) is 2.40. The zero-order valence-electron chi connectivity index (χ0n) is 13.5. The number of thioether (sulfide) groups is 1. The maximum absolute atomic E-state index is 12.5. The topological polar surface area (TPSA) is 46.6 Å². The Kier molecular flexibility index (Phi) is 4.71. The third kappa shape index (κ3) is 3.51. The molecule has 0 N–H and O–H groups in total. The van der Waals surface area contributed by atoms with Gasteiger partial charge in [-0.1, -0.05) is 42.0 Å². The Bertz CT molecular complexity index is 812. The summed E-state index contributed by atoms with van der Waals surface area (Å²) in [6.45, 7) is 2.29. The van der Waals surface area contributed by atoms with Crippen LogP contribution >= 0.6 is 11.8 Å². The van der Waals surface area contributed by atoms with E-state index in [9.17, 15) is 9.59 Å². The van der Waals surface area contributed by atoms with E-state index in [4.69, 9.17) is 4.74 Å². The minimum Gasteiger partial charge on any atom is -0.497 e. The summed E-state index contributed by atoms with van der Waals surface area (Å²) in [7, 11) is 1.59. The second-order valence-electron chi connectivity index (χ2n) is 5.53. The molecule has 1 fully saturated rings. The number of aryl methyl sites for hydroxylation is 1. The normalized spacial score (nSPS) is 16.1. The first kappa shape index (κ1) is 16.3. The Morgan fingerprint density at radius 3 is 2.58 bits per heavy atom. The Balaban J connectivity index is 1.80. The summed E-state index contributed by atoms with van der Waals surface area (Å²) in [4.78, 5) is 26.4. The number of ether oxygens (including phenoxy) is 1. The van der Waals surface area contributed by atoms with E-state index in [-0.39, 0.29) is 11.1 Å². The van der Waals surface area contributed by atoms with Gasteiger partial charge in [0.25, 0.3) is 11.1 Å². The lowest BCUT2D eigenvalue weighted by Crippen LogP contribution is -2.27. The molecule has 1 aliphatic heterocycles. The Morgan fingerprint density at radius 2 is 1.88 bits per heavy atom. The lowest BCUT2D eigenvalue weighted by atomic mass is 10.1. The number of hydrogen-bond acceptors (Lipinski definition) is 4. The van der Waals surface area contributed by atoms with Crippen molar-refractivity contribution >= 4 is 29.0 Å². The average molecular weight is 339 g/mol. The van der Waals surface area contributed by atoms with Gasteiger partial charge in [-0.2, -0.15) is 0 Å². The van der Waals surface area contributed by atoms with Gasteiger partial charge in [-0.3, -0.25) is 14.5 Å². The first-order valence-corrected chi connectivity index (χ1v) is 8.33. The van der Waals surface area contributed by atoms with E-state index < -0.39 is 0 Å². The number of nitrogens with zero attached hydrogens (tertiary/aromatic N) is 1. The summed E-state index contributed by atoms with van der Waals surface area (Å²) < 4.78 is 5.18. The maximum atomic E-state index is 12.5. The molecule has 2 amide bonds. The largest absolute Gasteiger partial charge is 0.497 e. The summed E-state index contributed by atoms with van der Waals surface area (Å²) in [5.41, 5.74) is 2.91. The van der Waals surface area contributed by atoms with Gasteiger partial charge in [0.05, 0.1) is 18.6 Å². The number of methoxy groups -OCH3 is 1. The highest BCUT2D eigenvalue weighted by Crippen LogP contribution is 2.33. The molecule has 0 unspecified atom stereocenters. The number of carbonyl (C=O) groups excluding carboxylic acids is 2. The molecule has 2 aromatic rings. The van der Waals surface area contributed by atoms with Gasteiger partial charge in [-0.15, -0.1) is 0 Å². The summed E-state index contributed by atoms with van der Waals surface area (Å²) in [5, 5.41) is -0.241. The van der Waals surface area contributed by atoms with Crippen LogP contribution < -0.4 is 4.74 Å². The maximum Gasteiger partial charge on any atom is 0.293 e. The first-order chi connectivity index (χ1) is 11.6. The Labute approximate surface area is 145 Å². The van der Waals surface area contributed by atoms with E-state index in [1.807, 2.05) is 55.5 Å². The molecule has 1 saturated heterocycles. The molecule has 122 valence electrons. The van der Waals surface area contributed by atoms with Crippen molar-refractivity contribution in [2.24, 2.45) is 0 Å². The fraction of sp³-hybridized carbons (Fsp3) is 0.158. The summed E-state index contributed by atoms with van der Waals surface area (Å²) in [5.74, 6) is 0.455. The molecule has 0 radical (unpaired) electrons. The first-order valence-electron chi connectivity index (χ1n) is 7.52. The van der Waals surface area contributed by atoms with E-state index in [0.29, 0.717) is 17.2 Å². The molecule has 1 heterocycles. The van der Waals surface area contributed by atoms with Gasteiger partial charge < -0.3 is 4.74 Å². The van der Waals surface area contributed by atoms with Crippen LogP contribution in [0.3, 0.4) is 0 Å². The monoisotopic (exact) mass is 339 g/mol. The minimum atomic E-state index is -0.256. The molecule has 2 aromatic carbocycles. The van der Waals surface area contributed by atoms with Crippen molar-refractivity contribution in [1.82, 2.24) is 4.90 Å². The van der Waals surface area contributed by atoms with E-state index in [1.54, 1.807) is 13.2 Å². The van der Waals surface area contributed by atoms with Crippen molar-refractivity contribution < 1.29 is 14.3 Å². The van der Waals surface area contributed by atoms with Gasteiger partial charge >= 0.3 is 0 Å². The predicted octanol–water partition coefficient (Wildman–Crippen LogP) is 4.24. The number of hydrogen-bond donors (Lipinski definition) is 0. The van der Waals surface area contributed by atoms with Crippen LogP contribution in [0.4, 0.5) is 4.79 Å². The number of benzene rings is 2. The van der Waals surface area contributed by atoms with Crippen molar-refractivity contribution in [3.63, 3.8) is 0 Å². The van der Waals surface area contributed by atoms with Crippen molar-refractivity contribution in [2.45, 2.75) is 13.5 Å². The van der Waals surface area contributed by atoms with E-state index >= 15 is 0 Å². The molecule has 5 heteroatoms. The molecule has 1 aliphatic rings. The van der Waals surface area contributed by atoms with Crippen LogP contribution in [-0.4, -0.2) is 23.2 Å². The number of carbonyl (C=O) groups is 2. The number of amides is 2. The lowest BCUT2D eigenvalue weighted by Gasteiger charge is -2.12. The molecule has 4 nitrogen and oxygen atoms in total. The molecular formula is C19H17NO3S. The SMILES string of the molecule is COc1cccc(/C=C2/SC(=O)N(Cc3ccc(C)cc3)C2=O)c1. The highest BCUT2D eigenvalue weighted by Gasteiger charge is 2.34. The molecule has 24 heavy (non-hydrogen) atoms. The number of imide groups is 1. The lowest BCUT2D eigenvalue weighted by molar-refractivity contribution is -0.123. The summed E-state index contributed by atoms with van der Waals surface area (Å²) in [6, 6.07) is 15.2. The Morgan fingerprint density at radius 1 is 1.12 bits per heavy atom. The summed E-state index contributed by atoms with van der Waals surface area (Å²) >= 11 is 0.970. The van der Waals surface area contributed by atoms with E-state index in [0.717, 1.165) is 28.5 Å². The van der Waals surface area contributed by atoms with Gasteiger partial charge in [0.1, 0.15) is 5.75 Å². The average Bonchev–Trinajstić information content (AvgIpc) is 2.84. The molecule has 0 bridgehead atoms. The van der Waals surface area contributed by atoms with Crippen LogP contribution in [0.5, 0.6) is 5.75 Å². The highest BCUT2D eigenvalue weighted by molar-refractivity contribution is 8.18. The van der Waals surface area contributed by atoms with Crippen LogP contribution in [0.25, 0.3) is 6.08 Å². The van der Waals surface area contributed by atoms with Crippen molar-refractivity contribution in [3.05, 3.63) is 70.1 Å². The second kappa shape index (κ2) is 6.93. The smallest absolute Gasteiger partial charge is 0.293 e. The van der Waals surface area contributed by atoms with Gasteiger partial charge in [0, 0.05) is 0 Å². The molecule has 0 aliphatic carbocycles. The predicted molar refractivity (Wildman–Crippen MR) is 95.7 cm³/mol. The second-order valence-corrected chi connectivity index (χ2v) is 6.52. The van der Waals surface area contributed by atoms with Gasteiger partial charge in [-0.25, -0.2) is 0 Å². The van der Waals surface area contributed by atoms with Crippen LogP contribution in [0, 0.1) is 6.92 Å². The zero-order chi connectivity index (χ0) is 17.1. The third-order valence-electron chi connectivity index (χ3n) is 3.73. The van der Waals surface area contributed by atoms with Gasteiger partial charge in [-0.05, 0) is 48.0 Å². The van der Waals surface area contributed by atoms with Crippen LogP contribution in [0.15, 0.2) is 53.4 Å². The van der Waals surface area contributed by atoms with Crippen molar-refractivity contribution in [1.29, 1.82) is 0 Å². The summed E-state index contributed by atoms with van der Waals surface area (Å²) in [6.07, 6.45) is 1.72. The van der Waals surface area contributed by atoms with E-state index in [2.05, 4.69) is 0 Å². The molecule has 0 spiro atoms. The van der Waals surface area contributed by atoms with Crippen molar-refractivity contribution in [2.75, 3.05) is 7.11 Å². The van der Waals surface area contributed by atoms with Gasteiger partial charge in [0.15, 0.2) is 0 Å². The molecule has 0 saturated carbocycles. The third-order valence-corrected chi connectivity index (χ3v) is 4.63.